The molecule has 0 amide bonds. The van der Waals surface area contributed by atoms with Crippen LogP contribution in [0.25, 0.3) is 0 Å². The summed E-state index contributed by atoms with van der Waals surface area (Å²) in [5.41, 5.74) is 7.66. The number of nitrogens with zero attached hydrogens (tertiary/aromatic N) is 2. The Morgan fingerprint density at radius 1 is 1.56 bits per heavy atom. The average molecular weight is 219 g/mol. The van der Waals surface area contributed by atoms with Crippen molar-refractivity contribution in [3.8, 4) is 6.07 Å². The highest BCUT2D eigenvalue weighted by Crippen LogP contribution is 2.21. The molecule has 0 aliphatic carbocycles. The number of likely N-dealkylation sites (N-methyl/N-ethyl adjacent to an activating group) is 1. The third-order valence-electron chi connectivity index (χ3n) is 2.63. The summed E-state index contributed by atoms with van der Waals surface area (Å²) in [5, 5.41) is 8.89. The molecule has 86 valence electrons. The van der Waals surface area contributed by atoms with Crippen LogP contribution in [0.2, 0.25) is 0 Å². The molecule has 0 saturated heterocycles. The molecule has 1 aromatic rings. The monoisotopic (exact) mass is 219 g/mol. The van der Waals surface area contributed by atoms with Crippen molar-refractivity contribution in [2.75, 3.05) is 31.4 Å². The molecule has 0 spiro atoms. The summed E-state index contributed by atoms with van der Waals surface area (Å²) in [5.74, 6) is 0. The predicted molar refractivity (Wildman–Crippen MR) is 65.3 cm³/mol. The molecule has 4 nitrogen and oxygen atoms in total. The SMILES string of the molecule is COCC(C)N(C)c1ccc(N)c(C#N)c1. The van der Waals surface area contributed by atoms with Crippen molar-refractivity contribution in [3.05, 3.63) is 23.8 Å². The van der Waals surface area contributed by atoms with Crippen molar-refractivity contribution in [2.24, 2.45) is 0 Å². The maximum atomic E-state index is 8.89. The molecular formula is C12H17N3O. The van der Waals surface area contributed by atoms with E-state index < -0.39 is 0 Å². The summed E-state index contributed by atoms with van der Waals surface area (Å²) in [6.45, 7) is 2.70. The van der Waals surface area contributed by atoms with E-state index in [4.69, 9.17) is 15.7 Å². The fourth-order valence-electron chi connectivity index (χ4n) is 1.47. The van der Waals surface area contributed by atoms with Crippen molar-refractivity contribution in [2.45, 2.75) is 13.0 Å². The van der Waals surface area contributed by atoms with Gasteiger partial charge in [0.05, 0.1) is 12.2 Å². The van der Waals surface area contributed by atoms with Crippen LogP contribution in [0.5, 0.6) is 0 Å². The second kappa shape index (κ2) is 5.38. The lowest BCUT2D eigenvalue weighted by Gasteiger charge is -2.26. The van der Waals surface area contributed by atoms with Gasteiger partial charge in [0.15, 0.2) is 0 Å². The highest BCUT2D eigenvalue weighted by Gasteiger charge is 2.10. The summed E-state index contributed by atoms with van der Waals surface area (Å²) in [6.07, 6.45) is 0. The molecule has 0 radical (unpaired) electrons. The number of anilines is 2. The van der Waals surface area contributed by atoms with Gasteiger partial charge < -0.3 is 15.4 Å². The van der Waals surface area contributed by atoms with Gasteiger partial charge in [-0.3, -0.25) is 0 Å². The zero-order chi connectivity index (χ0) is 12.1. The van der Waals surface area contributed by atoms with E-state index in [0.29, 0.717) is 17.9 Å². The van der Waals surface area contributed by atoms with Crippen LogP contribution >= 0.6 is 0 Å². The Kier molecular flexibility index (Phi) is 4.15. The Morgan fingerprint density at radius 2 is 2.25 bits per heavy atom. The Labute approximate surface area is 96.2 Å². The summed E-state index contributed by atoms with van der Waals surface area (Å²) >= 11 is 0. The Morgan fingerprint density at radius 3 is 2.81 bits per heavy atom. The first kappa shape index (κ1) is 12.3. The molecular weight excluding hydrogens is 202 g/mol. The van der Waals surface area contributed by atoms with Gasteiger partial charge in [-0.2, -0.15) is 5.26 Å². The van der Waals surface area contributed by atoms with Crippen LogP contribution in [0.4, 0.5) is 11.4 Å². The molecule has 1 atom stereocenters. The second-order valence-electron chi connectivity index (χ2n) is 3.80. The van der Waals surface area contributed by atoms with E-state index in [1.54, 1.807) is 19.2 Å². The molecule has 0 aromatic heterocycles. The quantitative estimate of drug-likeness (QED) is 0.781. The normalized spacial score (nSPS) is 11.9. The molecule has 0 bridgehead atoms. The molecule has 0 fully saturated rings. The van der Waals surface area contributed by atoms with Crippen molar-refractivity contribution in [1.29, 1.82) is 5.26 Å². The minimum absolute atomic E-state index is 0.250. The maximum absolute atomic E-state index is 8.89. The van der Waals surface area contributed by atoms with Crippen molar-refractivity contribution >= 4 is 11.4 Å². The van der Waals surface area contributed by atoms with Gasteiger partial charge in [0.25, 0.3) is 0 Å². The van der Waals surface area contributed by atoms with Crippen LogP contribution in [-0.2, 0) is 4.74 Å². The van der Waals surface area contributed by atoms with Crippen molar-refractivity contribution in [3.63, 3.8) is 0 Å². The van der Waals surface area contributed by atoms with Gasteiger partial charge in [0.2, 0.25) is 0 Å². The van der Waals surface area contributed by atoms with Crippen molar-refractivity contribution in [1.82, 2.24) is 0 Å². The molecule has 1 unspecified atom stereocenters. The summed E-state index contributed by atoms with van der Waals surface area (Å²) < 4.78 is 5.10. The molecule has 2 N–H and O–H groups in total. The lowest BCUT2D eigenvalue weighted by atomic mass is 10.1. The van der Waals surface area contributed by atoms with Gasteiger partial charge in [-0.05, 0) is 25.1 Å². The number of benzene rings is 1. The van der Waals surface area contributed by atoms with Crippen LogP contribution in [0.15, 0.2) is 18.2 Å². The van der Waals surface area contributed by atoms with Gasteiger partial charge in [-0.15, -0.1) is 0 Å². The van der Waals surface area contributed by atoms with E-state index in [2.05, 4.69) is 17.9 Å². The molecule has 0 aliphatic heterocycles. The van der Waals surface area contributed by atoms with E-state index >= 15 is 0 Å². The Hall–Kier alpha value is -1.73. The molecule has 0 aliphatic rings. The fourth-order valence-corrected chi connectivity index (χ4v) is 1.47. The van der Waals surface area contributed by atoms with E-state index in [-0.39, 0.29) is 6.04 Å². The van der Waals surface area contributed by atoms with E-state index in [9.17, 15) is 0 Å². The first-order chi connectivity index (χ1) is 7.60. The van der Waals surface area contributed by atoms with Crippen LogP contribution in [-0.4, -0.2) is 26.8 Å². The van der Waals surface area contributed by atoms with Gasteiger partial charge in [-0.25, -0.2) is 0 Å². The minimum Gasteiger partial charge on any atom is -0.398 e. The van der Waals surface area contributed by atoms with E-state index in [1.807, 2.05) is 13.1 Å². The Balaban J connectivity index is 2.92. The van der Waals surface area contributed by atoms with Gasteiger partial charge >= 0.3 is 0 Å². The van der Waals surface area contributed by atoms with Crippen LogP contribution < -0.4 is 10.6 Å². The smallest absolute Gasteiger partial charge is 0.101 e. The number of rotatable bonds is 4. The zero-order valence-corrected chi connectivity index (χ0v) is 9.90. The van der Waals surface area contributed by atoms with Crippen LogP contribution in [0.1, 0.15) is 12.5 Å². The maximum Gasteiger partial charge on any atom is 0.101 e. The van der Waals surface area contributed by atoms with Gasteiger partial charge in [0, 0.05) is 31.6 Å². The Bertz CT molecular complexity index is 398. The molecule has 16 heavy (non-hydrogen) atoms. The lowest BCUT2D eigenvalue weighted by Crippen LogP contribution is -2.32. The summed E-state index contributed by atoms with van der Waals surface area (Å²) in [4.78, 5) is 2.06. The standard InChI is InChI=1S/C12H17N3O/c1-9(8-16-3)15(2)11-4-5-12(14)10(6-11)7-13/h4-6,9H,8,14H2,1-3H3. The van der Waals surface area contributed by atoms with E-state index in [1.165, 1.54) is 0 Å². The summed E-state index contributed by atoms with van der Waals surface area (Å²) in [6, 6.07) is 7.78. The highest BCUT2D eigenvalue weighted by molar-refractivity contribution is 5.62. The number of nitrogens with two attached hydrogens (primary N) is 1. The van der Waals surface area contributed by atoms with Crippen molar-refractivity contribution < 1.29 is 4.74 Å². The number of nitriles is 1. The average Bonchev–Trinajstić information content (AvgIpc) is 2.29. The molecule has 0 saturated carbocycles. The predicted octanol–water partition coefficient (Wildman–Crippen LogP) is 1.61. The summed E-state index contributed by atoms with van der Waals surface area (Å²) in [7, 11) is 3.64. The van der Waals surface area contributed by atoms with Gasteiger partial charge in [-0.1, -0.05) is 0 Å². The highest BCUT2D eigenvalue weighted by atomic mass is 16.5. The molecule has 1 aromatic carbocycles. The lowest BCUT2D eigenvalue weighted by molar-refractivity contribution is 0.183. The van der Waals surface area contributed by atoms with E-state index in [0.717, 1.165) is 5.69 Å². The van der Waals surface area contributed by atoms with Crippen LogP contribution in [0, 0.1) is 11.3 Å². The third-order valence-corrected chi connectivity index (χ3v) is 2.63. The number of hydrogen-bond acceptors (Lipinski definition) is 4. The zero-order valence-electron chi connectivity index (χ0n) is 9.90. The third kappa shape index (κ3) is 2.65. The first-order valence-electron chi connectivity index (χ1n) is 5.11. The molecule has 4 heteroatoms. The van der Waals surface area contributed by atoms with Crippen LogP contribution in [0.3, 0.4) is 0 Å². The molecule has 0 heterocycles. The van der Waals surface area contributed by atoms with Gasteiger partial charge in [0.1, 0.15) is 6.07 Å². The fraction of sp³-hybridized carbons (Fsp3) is 0.417. The molecule has 1 rings (SSSR count). The largest absolute Gasteiger partial charge is 0.398 e. The first-order valence-corrected chi connectivity index (χ1v) is 5.11. The topological polar surface area (TPSA) is 62.3 Å². The number of nitrogen functional groups attached to an aromatic ring is 1. The minimum atomic E-state index is 0.250. The number of methoxy groups -OCH3 is 1. The second-order valence-corrected chi connectivity index (χ2v) is 3.80. The number of hydrogen-bond donors (Lipinski definition) is 1. The number of ether oxygens (including phenoxy) is 1.